The van der Waals surface area contributed by atoms with Crippen molar-refractivity contribution in [2.24, 2.45) is 28.6 Å². The number of hydrogen-bond acceptors (Lipinski definition) is 1. The summed E-state index contributed by atoms with van der Waals surface area (Å²) in [5.74, 6) is 2.48. The maximum absolute atomic E-state index is 12.0. The Morgan fingerprint density at radius 1 is 1.09 bits per heavy atom. The molecule has 4 rings (SSSR count). The van der Waals surface area contributed by atoms with Crippen molar-refractivity contribution >= 4 is 5.78 Å². The fraction of sp³-hybridized carbons (Fsp3) is 0.762. The third kappa shape index (κ3) is 1.80. The molecule has 1 nitrogen and oxygen atoms in total. The Balaban J connectivity index is 1.76. The van der Waals surface area contributed by atoms with Gasteiger partial charge in [0.1, 0.15) is 0 Å². The Kier molecular flexibility index (Phi) is 3.07. The summed E-state index contributed by atoms with van der Waals surface area (Å²) in [6.07, 6.45) is 10.6. The lowest BCUT2D eigenvalue weighted by molar-refractivity contribution is -0.118. The van der Waals surface area contributed by atoms with Crippen molar-refractivity contribution in [3.05, 3.63) is 22.8 Å². The second kappa shape index (κ2) is 4.58. The van der Waals surface area contributed by atoms with Crippen LogP contribution in [-0.2, 0) is 4.79 Å². The van der Waals surface area contributed by atoms with Gasteiger partial charge in [0.15, 0.2) is 5.78 Å². The van der Waals surface area contributed by atoms with Crippen LogP contribution < -0.4 is 0 Å². The summed E-state index contributed by atoms with van der Waals surface area (Å²) in [5, 5.41) is 0. The first-order valence-electron chi connectivity index (χ1n) is 9.30. The van der Waals surface area contributed by atoms with Crippen molar-refractivity contribution in [1.82, 2.24) is 0 Å². The minimum Gasteiger partial charge on any atom is -0.295 e. The number of carbonyl (C=O) groups is 1. The first kappa shape index (κ1) is 14.7. The summed E-state index contributed by atoms with van der Waals surface area (Å²) in [5.41, 5.74) is 5.86. The number of rotatable bonds is 0. The van der Waals surface area contributed by atoms with Crippen molar-refractivity contribution in [1.29, 1.82) is 0 Å². The van der Waals surface area contributed by atoms with E-state index in [4.69, 9.17) is 0 Å². The van der Waals surface area contributed by atoms with Gasteiger partial charge < -0.3 is 0 Å². The molecular formula is C21H30O. The van der Waals surface area contributed by atoms with Crippen LogP contribution in [0.25, 0.3) is 0 Å². The van der Waals surface area contributed by atoms with Crippen LogP contribution in [0.2, 0.25) is 0 Å². The summed E-state index contributed by atoms with van der Waals surface area (Å²) < 4.78 is 0. The van der Waals surface area contributed by atoms with E-state index in [0.717, 1.165) is 24.7 Å². The molecule has 1 fully saturated rings. The standard InChI is InChI=1S/C21H30O/c1-13-11-15(22)12-14-5-6-16-17-9-10-20(2,3)18(17)7-8-19(16)21(13,14)4/h12-13,16,19H,5-11H2,1-4H3/t13-,16-,19-,21-/m0/s1. The maximum Gasteiger partial charge on any atom is 0.155 e. The first-order valence-corrected chi connectivity index (χ1v) is 9.30. The normalized spacial score (nSPS) is 43.4. The molecule has 4 aliphatic rings. The number of allylic oxidation sites excluding steroid dienone is 4. The molecule has 4 aliphatic carbocycles. The van der Waals surface area contributed by atoms with Gasteiger partial charge >= 0.3 is 0 Å². The van der Waals surface area contributed by atoms with E-state index in [1.165, 1.54) is 37.7 Å². The molecule has 120 valence electrons. The topological polar surface area (TPSA) is 17.1 Å². The highest BCUT2D eigenvalue weighted by molar-refractivity contribution is 5.92. The number of fused-ring (bicyclic) bond motifs is 4. The average Bonchev–Trinajstić information content (AvgIpc) is 2.76. The molecule has 1 saturated carbocycles. The van der Waals surface area contributed by atoms with Crippen molar-refractivity contribution in [3.8, 4) is 0 Å². The third-order valence-corrected chi connectivity index (χ3v) is 7.92. The molecule has 1 heteroatoms. The zero-order valence-corrected chi connectivity index (χ0v) is 14.7. The van der Waals surface area contributed by atoms with Crippen LogP contribution in [0.15, 0.2) is 22.8 Å². The van der Waals surface area contributed by atoms with Crippen LogP contribution in [-0.4, -0.2) is 5.78 Å². The van der Waals surface area contributed by atoms with Crippen molar-refractivity contribution in [3.63, 3.8) is 0 Å². The molecule has 0 spiro atoms. The lowest BCUT2D eigenvalue weighted by atomic mass is 9.49. The van der Waals surface area contributed by atoms with E-state index in [1.54, 1.807) is 0 Å². The fourth-order valence-corrected chi connectivity index (χ4v) is 6.42. The molecule has 0 heterocycles. The number of hydrogen-bond donors (Lipinski definition) is 0. The highest BCUT2D eigenvalue weighted by Gasteiger charge is 2.53. The zero-order chi connectivity index (χ0) is 15.7. The van der Waals surface area contributed by atoms with Gasteiger partial charge in [0.25, 0.3) is 0 Å². The summed E-state index contributed by atoms with van der Waals surface area (Å²) in [7, 11) is 0. The predicted octanol–water partition coefficient (Wildman–Crippen LogP) is 5.46. The van der Waals surface area contributed by atoms with Crippen LogP contribution in [0.5, 0.6) is 0 Å². The van der Waals surface area contributed by atoms with E-state index >= 15 is 0 Å². The number of ketones is 1. The molecule has 4 atom stereocenters. The average molecular weight is 298 g/mol. The van der Waals surface area contributed by atoms with E-state index in [9.17, 15) is 4.79 Å². The van der Waals surface area contributed by atoms with Crippen LogP contribution in [0.1, 0.15) is 72.6 Å². The fourth-order valence-electron chi connectivity index (χ4n) is 6.42. The second-order valence-corrected chi connectivity index (χ2v) is 9.20. The summed E-state index contributed by atoms with van der Waals surface area (Å²) in [4.78, 5) is 12.0. The maximum atomic E-state index is 12.0. The van der Waals surface area contributed by atoms with Gasteiger partial charge in [0.2, 0.25) is 0 Å². The third-order valence-electron chi connectivity index (χ3n) is 7.92. The van der Waals surface area contributed by atoms with E-state index in [0.29, 0.717) is 17.1 Å². The predicted molar refractivity (Wildman–Crippen MR) is 90.5 cm³/mol. The van der Waals surface area contributed by atoms with E-state index < -0.39 is 0 Å². The lowest BCUT2D eigenvalue weighted by Gasteiger charge is -2.55. The van der Waals surface area contributed by atoms with Gasteiger partial charge in [-0.1, -0.05) is 44.4 Å². The first-order chi connectivity index (χ1) is 10.3. The van der Waals surface area contributed by atoms with Crippen LogP contribution in [0, 0.1) is 28.6 Å². The van der Waals surface area contributed by atoms with Crippen LogP contribution in [0.3, 0.4) is 0 Å². The Morgan fingerprint density at radius 3 is 2.64 bits per heavy atom. The highest BCUT2D eigenvalue weighted by atomic mass is 16.1. The molecule has 0 unspecified atom stereocenters. The molecular weight excluding hydrogens is 268 g/mol. The molecule has 0 N–H and O–H groups in total. The van der Waals surface area contributed by atoms with Gasteiger partial charge in [-0.05, 0) is 73.2 Å². The molecule has 0 saturated heterocycles. The minimum absolute atomic E-state index is 0.280. The van der Waals surface area contributed by atoms with E-state index in [-0.39, 0.29) is 5.41 Å². The van der Waals surface area contributed by atoms with Gasteiger partial charge in [0, 0.05) is 6.42 Å². The van der Waals surface area contributed by atoms with Gasteiger partial charge in [-0.25, -0.2) is 0 Å². The van der Waals surface area contributed by atoms with Gasteiger partial charge in [-0.15, -0.1) is 0 Å². The largest absolute Gasteiger partial charge is 0.295 e. The zero-order valence-electron chi connectivity index (χ0n) is 14.7. The Hall–Kier alpha value is -0.850. The Morgan fingerprint density at radius 2 is 1.86 bits per heavy atom. The second-order valence-electron chi connectivity index (χ2n) is 9.20. The molecule has 0 aromatic carbocycles. The van der Waals surface area contributed by atoms with E-state index in [2.05, 4.69) is 27.7 Å². The van der Waals surface area contributed by atoms with Crippen molar-refractivity contribution < 1.29 is 4.79 Å². The summed E-state index contributed by atoms with van der Waals surface area (Å²) in [6, 6.07) is 0. The Bertz CT molecular complexity index is 591. The lowest BCUT2D eigenvalue weighted by Crippen LogP contribution is -2.47. The molecule has 0 aromatic heterocycles. The molecule has 0 aliphatic heterocycles. The van der Waals surface area contributed by atoms with Crippen LogP contribution in [0.4, 0.5) is 0 Å². The monoisotopic (exact) mass is 298 g/mol. The van der Waals surface area contributed by atoms with Crippen LogP contribution >= 0.6 is 0 Å². The SMILES string of the molecule is C[C@H]1CC(=O)C=C2CC[C@H]3C4=C(CC[C@@H]3[C@]21C)C(C)(C)CC4. The Labute approximate surface area is 135 Å². The molecule has 0 radical (unpaired) electrons. The minimum atomic E-state index is 0.280. The van der Waals surface area contributed by atoms with Crippen molar-refractivity contribution in [2.45, 2.75) is 72.6 Å². The van der Waals surface area contributed by atoms with Gasteiger partial charge in [-0.2, -0.15) is 0 Å². The molecule has 0 aromatic rings. The highest BCUT2D eigenvalue weighted by Crippen LogP contribution is 2.63. The van der Waals surface area contributed by atoms with Gasteiger partial charge in [-0.3, -0.25) is 4.79 Å². The summed E-state index contributed by atoms with van der Waals surface area (Å²) >= 11 is 0. The number of carbonyl (C=O) groups excluding carboxylic acids is 1. The summed E-state index contributed by atoms with van der Waals surface area (Å²) in [6.45, 7) is 9.72. The molecule has 0 amide bonds. The molecule has 22 heavy (non-hydrogen) atoms. The van der Waals surface area contributed by atoms with Crippen molar-refractivity contribution in [2.75, 3.05) is 0 Å². The quantitative estimate of drug-likeness (QED) is 0.542. The van der Waals surface area contributed by atoms with Gasteiger partial charge in [0.05, 0.1) is 0 Å². The van der Waals surface area contributed by atoms with E-state index in [1.807, 2.05) is 17.2 Å². The smallest absolute Gasteiger partial charge is 0.155 e. The molecule has 0 bridgehead atoms.